The van der Waals surface area contributed by atoms with Gasteiger partial charge in [0.2, 0.25) is 0 Å². The van der Waals surface area contributed by atoms with E-state index in [9.17, 15) is 4.79 Å². The molecule has 0 radical (unpaired) electrons. The molecule has 2 heterocycles. The second kappa shape index (κ2) is 6.40. The summed E-state index contributed by atoms with van der Waals surface area (Å²) in [4.78, 5) is 14.3. The van der Waals surface area contributed by atoms with Crippen molar-refractivity contribution in [2.24, 2.45) is 0 Å². The molecule has 0 bridgehead atoms. The van der Waals surface area contributed by atoms with E-state index in [2.05, 4.69) is 10.5 Å². The van der Waals surface area contributed by atoms with E-state index >= 15 is 0 Å². The molecular formula is C16H18ClN3O2. The highest BCUT2D eigenvalue weighted by Crippen LogP contribution is 2.33. The third kappa shape index (κ3) is 3.09. The van der Waals surface area contributed by atoms with Gasteiger partial charge in [-0.3, -0.25) is 0 Å². The van der Waals surface area contributed by atoms with E-state index in [-0.39, 0.29) is 12.1 Å². The van der Waals surface area contributed by atoms with Crippen molar-refractivity contribution in [3.05, 3.63) is 46.8 Å². The van der Waals surface area contributed by atoms with E-state index in [1.54, 1.807) is 17.0 Å². The van der Waals surface area contributed by atoms with Gasteiger partial charge in [0.25, 0.3) is 0 Å². The molecular weight excluding hydrogens is 302 g/mol. The lowest BCUT2D eigenvalue weighted by atomic mass is 10.1. The lowest BCUT2D eigenvalue weighted by Gasteiger charge is -2.23. The zero-order chi connectivity index (χ0) is 15.5. The topological polar surface area (TPSA) is 58.4 Å². The molecule has 0 aliphatic carbocycles. The predicted molar refractivity (Wildman–Crippen MR) is 85.0 cm³/mol. The van der Waals surface area contributed by atoms with Crippen LogP contribution in [0.5, 0.6) is 0 Å². The minimum absolute atomic E-state index is 0.0491. The van der Waals surface area contributed by atoms with Gasteiger partial charge >= 0.3 is 6.03 Å². The van der Waals surface area contributed by atoms with Gasteiger partial charge in [0.15, 0.2) is 5.76 Å². The number of halogens is 1. The molecule has 1 aliphatic heterocycles. The number of hydrogen-bond donors (Lipinski definition) is 1. The van der Waals surface area contributed by atoms with E-state index < -0.39 is 0 Å². The smallest absolute Gasteiger partial charge is 0.322 e. The number of nitrogens with zero attached hydrogens (tertiary/aromatic N) is 2. The van der Waals surface area contributed by atoms with Crippen LogP contribution < -0.4 is 5.32 Å². The fourth-order valence-electron chi connectivity index (χ4n) is 2.72. The van der Waals surface area contributed by atoms with Crippen molar-refractivity contribution in [2.75, 3.05) is 11.9 Å². The van der Waals surface area contributed by atoms with Crippen LogP contribution in [0, 0.1) is 0 Å². The molecule has 2 aromatic rings. The summed E-state index contributed by atoms with van der Waals surface area (Å²) in [6.45, 7) is 2.74. The first-order valence-electron chi connectivity index (χ1n) is 7.46. The number of aryl methyl sites for hydroxylation is 1. The quantitative estimate of drug-likeness (QED) is 0.919. The van der Waals surface area contributed by atoms with Crippen molar-refractivity contribution in [2.45, 2.75) is 32.2 Å². The number of rotatable bonds is 3. The first kappa shape index (κ1) is 14.9. The van der Waals surface area contributed by atoms with Crippen LogP contribution in [-0.4, -0.2) is 22.6 Å². The Labute approximate surface area is 134 Å². The van der Waals surface area contributed by atoms with Gasteiger partial charge in [-0.05, 0) is 37.5 Å². The number of anilines is 1. The van der Waals surface area contributed by atoms with Crippen LogP contribution in [0.15, 0.2) is 34.9 Å². The summed E-state index contributed by atoms with van der Waals surface area (Å²) in [5.41, 5.74) is 1.60. The molecule has 1 aliphatic rings. The summed E-state index contributed by atoms with van der Waals surface area (Å²) in [6.07, 6.45) is 2.67. The number of likely N-dealkylation sites (tertiary alicyclic amines) is 1. The van der Waals surface area contributed by atoms with Crippen LogP contribution in [0.2, 0.25) is 5.02 Å². The van der Waals surface area contributed by atoms with Gasteiger partial charge in [-0.25, -0.2) is 4.79 Å². The molecule has 116 valence electrons. The van der Waals surface area contributed by atoms with E-state index in [4.69, 9.17) is 16.1 Å². The van der Waals surface area contributed by atoms with Crippen LogP contribution in [0.25, 0.3) is 0 Å². The number of urea groups is 1. The number of amides is 2. The maximum Gasteiger partial charge on any atom is 0.322 e. The Morgan fingerprint density at radius 3 is 3.09 bits per heavy atom. The van der Waals surface area contributed by atoms with E-state index in [1.165, 1.54) is 0 Å². The Morgan fingerprint density at radius 1 is 1.50 bits per heavy atom. The molecule has 1 aromatic heterocycles. The van der Waals surface area contributed by atoms with Crippen LogP contribution in [0.4, 0.5) is 10.5 Å². The van der Waals surface area contributed by atoms with Gasteiger partial charge in [0.1, 0.15) is 0 Å². The summed E-state index contributed by atoms with van der Waals surface area (Å²) >= 11 is 5.94. The van der Waals surface area contributed by atoms with Crippen LogP contribution in [-0.2, 0) is 6.42 Å². The fourth-order valence-corrected chi connectivity index (χ4v) is 2.91. The van der Waals surface area contributed by atoms with Crippen LogP contribution >= 0.6 is 11.6 Å². The molecule has 1 fully saturated rings. The standard InChI is InChI=1S/C16H18ClN3O2/c1-2-12-10-15(22-19-12)14-7-4-8-20(14)16(21)18-13-6-3-5-11(17)9-13/h3,5-6,9-10,14H,2,4,7-8H2,1H3,(H,18,21). The third-order valence-electron chi connectivity index (χ3n) is 3.86. The van der Waals surface area contributed by atoms with Crippen molar-refractivity contribution >= 4 is 23.3 Å². The lowest BCUT2D eigenvalue weighted by molar-refractivity contribution is 0.195. The first-order chi connectivity index (χ1) is 10.7. The summed E-state index contributed by atoms with van der Waals surface area (Å²) in [5, 5.41) is 7.50. The zero-order valence-electron chi connectivity index (χ0n) is 12.4. The van der Waals surface area contributed by atoms with Gasteiger partial charge in [0.05, 0.1) is 11.7 Å². The van der Waals surface area contributed by atoms with E-state index in [0.717, 1.165) is 30.7 Å². The van der Waals surface area contributed by atoms with Crippen LogP contribution in [0.3, 0.4) is 0 Å². The third-order valence-corrected chi connectivity index (χ3v) is 4.09. The molecule has 1 unspecified atom stereocenters. The summed E-state index contributed by atoms with van der Waals surface area (Å²) in [5.74, 6) is 0.760. The monoisotopic (exact) mass is 319 g/mol. The van der Waals surface area contributed by atoms with Gasteiger partial charge in [-0.15, -0.1) is 0 Å². The molecule has 1 saturated heterocycles. The Morgan fingerprint density at radius 2 is 2.36 bits per heavy atom. The second-order valence-corrected chi connectivity index (χ2v) is 5.80. The molecule has 2 amide bonds. The predicted octanol–water partition coefficient (Wildman–Crippen LogP) is 4.26. The Bertz CT molecular complexity index is 671. The molecule has 0 spiro atoms. The molecule has 1 atom stereocenters. The summed E-state index contributed by atoms with van der Waals surface area (Å²) < 4.78 is 5.40. The number of aromatic nitrogens is 1. The number of benzene rings is 1. The van der Waals surface area contributed by atoms with Crippen LogP contribution in [0.1, 0.15) is 37.3 Å². The van der Waals surface area contributed by atoms with Gasteiger partial charge in [-0.1, -0.05) is 29.7 Å². The highest BCUT2D eigenvalue weighted by atomic mass is 35.5. The van der Waals surface area contributed by atoms with Gasteiger partial charge in [0, 0.05) is 23.3 Å². The molecule has 5 nitrogen and oxygen atoms in total. The van der Waals surface area contributed by atoms with Crippen molar-refractivity contribution in [3.63, 3.8) is 0 Å². The van der Waals surface area contributed by atoms with E-state index in [0.29, 0.717) is 17.3 Å². The summed E-state index contributed by atoms with van der Waals surface area (Å²) in [7, 11) is 0. The average Bonchev–Trinajstić information content (AvgIpc) is 3.16. The highest BCUT2D eigenvalue weighted by molar-refractivity contribution is 6.30. The van der Waals surface area contributed by atoms with Crippen molar-refractivity contribution in [3.8, 4) is 0 Å². The Kier molecular flexibility index (Phi) is 4.34. The summed E-state index contributed by atoms with van der Waals surface area (Å²) in [6, 6.07) is 8.88. The highest BCUT2D eigenvalue weighted by Gasteiger charge is 2.32. The number of nitrogens with one attached hydrogen (secondary N) is 1. The van der Waals surface area contributed by atoms with Crippen molar-refractivity contribution in [1.82, 2.24) is 10.1 Å². The maximum absolute atomic E-state index is 12.5. The number of hydrogen-bond acceptors (Lipinski definition) is 3. The molecule has 22 heavy (non-hydrogen) atoms. The molecule has 1 N–H and O–H groups in total. The van der Waals surface area contributed by atoms with Crippen molar-refractivity contribution in [1.29, 1.82) is 0 Å². The maximum atomic E-state index is 12.5. The Hall–Kier alpha value is -2.01. The number of carbonyl (C=O) groups is 1. The fraction of sp³-hybridized carbons (Fsp3) is 0.375. The SMILES string of the molecule is CCc1cc(C2CCCN2C(=O)Nc2cccc(Cl)c2)on1. The first-order valence-corrected chi connectivity index (χ1v) is 7.84. The second-order valence-electron chi connectivity index (χ2n) is 5.37. The van der Waals surface area contributed by atoms with Gasteiger partial charge < -0.3 is 14.7 Å². The molecule has 3 rings (SSSR count). The lowest BCUT2D eigenvalue weighted by Crippen LogP contribution is -2.34. The minimum Gasteiger partial charge on any atom is -0.359 e. The average molecular weight is 320 g/mol. The normalized spacial score (nSPS) is 17.7. The van der Waals surface area contributed by atoms with E-state index in [1.807, 2.05) is 25.1 Å². The van der Waals surface area contributed by atoms with Crippen molar-refractivity contribution < 1.29 is 9.32 Å². The largest absolute Gasteiger partial charge is 0.359 e. The zero-order valence-corrected chi connectivity index (χ0v) is 13.1. The molecule has 6 heteroatoms. The number of carbonyl (C=O) groups excluding carboxylic acids is 1. The Balaban J connectivity index is 1.73. The molecule has 0 saturated carbocycles. The molecule has 1 aromatic carbocycles. The minimum atomic E-state index is -0.140. The van der Waals surface area contributed by atoms with Gasteiger partial charge in [-0.2, -0.15) is 0 Å².